The Kier molecular flexibility index (Phi) is 4.41. The summed E-state index contributed by atoms with van der Waals surface area (Å²) >= 11 is 0. The zero-order chi connectivity index (χ0) is 19.0. The Bertz CT molecular complexity index is 878. The molecule has 2 aliphatic heterocycles. The SMILES string of the molecule is COc1ccc(CN2C(=O)CNc3ncc(C(=O)N4CC(O)C4)cc32)cc1. The van der Waals surface area contributed by atoms with Gasteiger partial charge in [0.2, 0.25) is 5.91 Å². The number of aliphatic hydroxyl groups excluding tert-OH is 1. The minimum Gasteiger partial charge on any atom is -0.497 e. The molecule has 0 unspecified atom stereocenters. The highest BCUT2D eigenvalue weighted by molar-refractivity contribution is 6.04. The van der Waals surface area contributed by atoms with Crippen LogP contribution in [0.2, 0.25) is 0 Å². The van der Waals surface area contributed by atoms with Crippen molar-refractivity contribution in [2.75, 3.05) is 37.0 Å². The molecule has 27 heavy (non-hydrogen) atoms. The van der Waals surface area contributed by atoms with Crippen LogP contribution in [-0.2, 0) is 11.3 Å². The number of nitrogens with zero attached hydrogens (tertiary/aromatic N) is 3. The summed E-state index contributed by atoms with van der Waals surface area (Å²) in [6.45, 7) is 1.17. The molecule has 1 saturated heterocycles. The van der Waals surface area contributed by atoms with Crippen molar-refractivity contribution in [3.8, 4) is 5.75 Å². The van der Waals surface area contributed by atoms with Crippen LogP contribution in [0.4, 0.5) is 11.5 Å². The third kappa shape index (κ3) is 3.31. The largest absolute Gasteiger partial charge is 0.497 e. The Morgan fingerprint density at radius 1 is 1.33 bits per heavy atom. The Morgan fingerprint density at radius 2 is 2.07 bits per heavy atom. The van der Waals surface area contributed by atoms with Crippen LogP contribution in [0.25, 0.3) is 0 Å². The Morgan fingerprint density at radius 3 is 2.74 bits per heavy atom. The van der Waals surface area contributed by atoms with E-state index in [1.54, 1.807) is 23.0 Å². The van der Waals surface area contributed by atoms with E-state index in [1.165, 1.54) is 6.20 Å². The molecule has 3 heterocycles. The first-order valence-electron chi connectivity index (χ1n) is 8.69. The number of hydrogen-bond acceptors (Lipinski definition) is 6. The molecule has 1 aromatic carbocycles. The maximum atomic E-state index is 12.5. The Balaban J connectivity index is 1.60. The molecule has 0 radical (unpaired) electrons. The first kappa shape index (κ1) is 17.3. The fourth-order valence-corrected chi connectivity index (χ4v) is 3.19. The molecular weight excluding hydrogens is 348 g/mol. The number of likely N-dealkylation sites (tertiary alicyclic amines) is 1. The van der Waals surface area contributed by atoms with Gasteiger partial charge in [-0.3, -0.25) is 9.59 Å². The maximum Gasteiger partial charge on any atom is 0.255 e. The minimum atomic E-state index is -0.464. The average molecular weight is 368 g/mol. The number of anilines is 2. The number of ether oxygens (including phenoxy) is 1. The second kappa shape index (κ2) is 6.88. The standard InChI is InChI=1S/C19H20N4O4/c1-27-15-4-2-12(3-5-15)9-23-16-6-13(19(26)22-10-14(24)11-22)7-20-18(16)21-8-17(23)25/h2-7,14,24H,8-11H2,1H3,(H,20,21). The van der Waals surface area contributed by atoms with Crippen molar-refractivity contribution < 1.29 is 19.4 Å². The predicted molar refractivity (Wildman–Crippen MR) is 98.8 cm³/mol. The molecule has 0 aliphatic carbocycles. The van der Waals surface area contributed by atoms with E-state index in [0.29, 0.717) is 36.7 Å². The fourth-order valence-electron chi connectivity index (χ4n) is 3.19. The number of pyridine rings is 1. The number of carbonyl (C=O) groups is 2. The summed E-state index contributed by atoms with van der Waals surface area (Å²) in [7, 11) is 1.60. The van der Waals surface area contributed by atoms with Crippen LogP contribution in [0.15, 0.2) is 36.5 Å². The number of rotatable bonds is 4. The van der Waals surface area contributed by atoms with Crippen molar-refractivity contribution in [3.05, 3.63) is 47.7 Å². The Hall–Kier alpha value is -3.13. The minimum absolute atomic E-state index is 0.0934. The highest BCUT2D eigenvalue weighted by Gasteiger charge is 2.31. The van der Waals surface area contributed by atoms with Gasteiger partial charge in [-0.2, -0.15) is 0 Å². The Labute approximate surface area is 156 Å². The lowest BCUT2D eigenvalue weighted by Crippen LogP contribution is -2.53. The molecule has 8 nitrogen and oxygen atoms in total. The van der Waals surface area contributed by atoms with Crippen LogP contribution in [0.5, 0.6) is 5.75 Å². The summed E-state index contributed by atoms with van der Waals surface area (Å²) < 4.78 is 5.16. The molecule has 2 aliphatic rings. The van der Waals surface area contributed by atoms with E-state index in [-0.39, 0.29) is 18.4 Å². The zero-order valence-corrected chi connectivity index (χ0v) is 14.9. The zero-order valence-electron chi connectivity index (χ0n) is 14.9. The van der Waals surface area contributed by atoms with Crippen LogP contribution >= 0.6 is 0 Å². The number of carbonyl (C=O) groups excluding carboxylic acids is 2. The van der Waals surface area contributed by atoms with E-state index in [1.807, 2.05) is 24.3 Å². The molecule has 4 rings (SSSR count). The number of aromatic nitrogens is 1. The van der Waals surface area contributed by atoms with E-state index in [0.717, 1.165) is 11.3 Å². The third-order valence-electron chi connectivity index (χ3n) is 4.76. The van der Waals surface area contributed by atoms with Crippen LogP contribution in [0.3, 0.4) is 0 Å². The molecular formula is C19H20N4O4. The van der Waals surface area contributed by atoms with Gasteiger partial charge in [0.25, 0.3) is 5.91 Å². The summed E-state index contributed by atoms with van der Waals surface area (Å²) in [5, 5.41) is 12.4. The highest BCUT2D eigenvalue weighted by Crippen LogP contribution is 2.30. The monoisotopic (exact) mass is 368 g/mol. The van der Waals surface area contributed by atoms with Crippen molar-refractivity contribution in [2.45, 2.75) is 12.6 Å². The van der Waals surface area contributed by atoms with E-state index in [4.69, 9.17) is 4.74 Å². The van der Waals surface area contributed by atoms with E-state index >= 15 is 0 Å². The summed E-state index contributed by atoms with van der Waals surface area (Å²) in [5.74, 6) is 1.03. The molecule has 1 aromatic heterocycles. The number of aliphatic hydroxyl groups is 1. The van der Waals surface area contributed by atoms with E-state index in [9.17, 15) is 14.7 Å². The molecule has 8 heteroatoms. The predicted octanol–water partition coefficient (Wildman–Crippen LogP) is 0.866. The first-order chi connectivity index (χ1) is 13.0. The number of hydrogen-bond donors (Lipinski definition) is 2. The number of amides is 2. The van der Waals surface area contributed by atoms with E-state index < -0.39 is 6.10 Å². The molecule has 0 spiro atoms. The van der Waals surface area contributed by atoms with Crippen LogP contribution in [0, 0.1) is 0 Å². The van der Waals surface area contributed by atoms with Crippen molar-refractivity contribution in [3.63, 3.8) is 0 Å². The summed E-state index contributed by atoms with van der Waals surface area (Å²) in [4.78, 5) is 32.5. The highest BCUT2D eigenvalue weighted by atomic mass is 16.5. The van der Waals surface area contributed by atoms with Crippen molar-refractivity contribution in [1.29, 1.82) is 0 Å². The smallest absolute Gasteiger partial charge is 0.255 e. The lowest BCUT2D eigenvalue weighted by Gasteiger charge is -2.36. The number of fused-ring (bicyclic) bond motifs is 1. The average Bonchev–Trinajstić information content (AvgIpc) is 2.67. The van der Waals surface area contributed by atoms with Crippen molar-refractivity contribution in [2.24, 2.45) is 0 Å². The van der Waals surface area contributed by atoms with Gasteiger partial charge >= 0.3 is 0 Å². The van der Waals surface area contributed by atoms with Crippen molar-refractivity contribution in [1.82, 2.24) is 9.88 Å². The molecule has 0 atom stereocenters. The second-order valence-electron chi connectivity index (χ2n) is 6.64. The fraction of sp³-hybridized carbons (Fsp3) is 0.316. The molecule has 1 fully saturated rings. The number of nitrogens with one attached hydrogen (secondary N) is 1. The lowest BCUT2D eigenvalue weighted by atomic mass is 10.1. The lowest BCUT2D eigenvalue weighted by molar-refractivity contribution is -0.117. The number of benzene rings is 1. The van der Waals surface area contributed by atoms with Gasteiger partial charge in [0.1, 0.15) is 5.75 Å². The van der Waals surface area contributed by atoms with Crippen LogP contribution in [0.1, 0.15) is 15.9 Å². The van der Waals surface area contributed by atoms with Crippen molar-refractivity contribution >= 4 is 23.3 Å². The second-order valence-corrected chi connectivity index (χ2v) is 6.64. The van der Waals surface area contributed by atoms with Gasteiger partial charge in [0, 0.05) is 19.3 Å². The van der Waals surface area contributed by atoms with Gasteiger partial charge in [-0.1, -0.05) is 12.1 Å². The van der Waals surface area contributed by atoms with Gasteiger partial charge in [0.15, 0.2) is 5.82 Å². The van der Waals surface area contributed by atoms with Gasteiger partial charge in [-0.05, 0) is 23.8 Å². The quantitative estimate of drug-likeness (QED) is 0.831. The first-order valence-corrected chi connectivity index (χ1v) is 8.69. The van der Waals surface area contributed by atoms with Crippen LogP contribution in [-0.4, -0.2) is 59.7 Å². The number of β-amino-alcohol motifs (C(OH)–C–C–N with tert-alkyl or cyclic N) is 1. The molecule has 2 N–H and O–H groups in total. The van der Waals surface area contributed by atoms with Crippen LogP contribution < -0.4 is 15.0 Å². The summed E-state index contributed by atoms with van der Waals surface area (Å²) in [6.07, 6.45) is 1.04. The molecule has 2 aromatic rings. The molecule has 0 saturated carbocycles. The van der Waals surface area contributed by atoms with E-state index in [2.05, 4.69) is 10.3 Å². The van der Waals surface area contributed by atoms with Gasteiger partial charge in [0.05, 0.1) is 37.6 Å². The van der Waals surface area contributed by atoms with Gasteiger partial charge < -0.3 is 25.0 Å². The maximum absolute atomic E-state index is 12.5. The summed E-state index contributed by atoms with van der Waals surface area (Å²) in [5.41, 5.74) is 1.92. The normalized spacial score (nSPS) is 16.4. The molecule has 2 amide bonds. The topological polar surface area (TPSA) is 95.0 Å². The van der Waals surface area contributed by atoms with Gasteiger partial charge in [-0.15, -0.1) is 0 Å². The number of methoxy groups -OCH3 is 1. The van der Waals surface area contributed by atoms with Gasteiger partial charge in [-0.25, -0.2) is 4.98 Å². The summed E-state index contributed by atoms with van der Waals surface area (Å²) in [6, 6.07) is 9.17. The third-order valence-corrected chi connectivity index (χ3v) is 4.76. The molecule has 140 valence electrons. The molecule has 0 bridgehead atoms.